The maximum atomic E-state index is 14.6. The Balaban J connectivity index is 1.80. The Hall–Kier alpha value is -2.91. The molecule has 1 heterocycles. The molecule has 0 aliphatic heterocycles. The molecular formula is C23H24ClFN2O5S. The van der Waals surface area contributed by atoms with Gasteiger partial charge in [0.1, 0.15) is 17.3 Å². The van der Waals surface area contributed by atoms with E-state index in [1.54, 1.807) is 12.1 Å². The largest absolute Gasteiger partial charge is 0.508 e. The third kappa shape index (κ3) is 5.91. The van der Waals surface area contributed by atoms with Crippen molar-refractivity contribution < 1.29 is 22.7 Å². The van der Waals surface area contributed by atoms with Crippen LogP contribution in [0.25, 0.3) is 11.3 Å². The smallest absolute Gasteiger partial charge is 0.270 e. The highest BCUT2D eigenvalue weighted by Gasteiger charge is 2.20. The van der Waals surface area contributed by atoms with Crippen molar-refractivity contribution in [2.45, 2.75) is 31.1 Å². The van der Waals surface area contributed by atoms with Crippen molar-refractivity contribution in [1.29, 1.82) is 0 Å². The van der Waals surface area contributed by atoms with Crippen molar-refractivity contribution in [1.82, 2.24) is 9.78 Å². The summed E-state index contributed by atoms with van der Waals surface area (Å²) in [6, 6.07) is 9.50. The molecule has 0 radical (unpaired) electrons. The first kappa shape index (κ1) is 24.7. The standard InChI is InChI=1S/C23H24ClFN2O5S/c1-3-33(30,31)17-8-9-19(25)18(13-17)23-21(14-22(29)27(2)26-23)32-11-5-4-6-15-12-16(24)7-10-20(15)28/h7-10,12-14,28H,3-6,11H2,1-2H3. The van der Waals surface area contributed by atoms with Crippen LogP contribution >= 0.6 is 11.6 Å². The van der Waals surface area contributed by atoms with Crippen LogP contribution in [-0.4, -0.2) is 35.7 Å². The molecule has 176 valence electrons. The molecular weight excluding hydrogens is 471 g/mol. The molecule has 1 N–H and O–H groups in total. The number of hydrogen-bond donors (Lipinski definition) is 1. The van der Waals surface area contributed by atoms with Gasteiger partial charge in [-0.15, -0.1) is 0 Å². The Morgan fingerprint density at radius 2 is 1.91 bits per heavy atom. The van der Waals surface area contributed by atoms with Gasteiger partial charge >= 0.3 is 0 Å². The molecule has 0 amide bonds. The highest BCUT2D eigenvalue weighted by atomic mass is 35.5. The van der Waals surface area contributed by atoms with Gasteiger partial charge < -0.3 is 9.84 Å². The van der Waals surface area contributed by atoms with Crippen molar-refractivity contribution in [2.75, 3.05) is 12.4 Å². The van der Waals surface area contributed by atoms with Crippen molar-refractivity contribution in [3.63, 3.8) is 0 Å². The van der Waals surface area contributed by atoms with E-state index in [4.69, 9.17) is 16.3 Å². The lowest BCUT2D eigenvalue weighted by Gasteiger charge is -2.13. The summed E-state index contributed by atoms with van der Waals surface area (Å²) in [7, 11) is -2.15. The Morgan fingerprint density at radius 3 is 2.64 bits per heavy atom. The molecule has 3 aromatic rings. The SMILES string of the molecule is CCS(=O)(=O)c1ccc(F)c(-c2nn(C)c(=O)cc2OCCCCc2cc(Cl)ccc2O)c1. The van der Waals surface area contributed by atoms with Crippen molar-refractivity contribution in [3.8, 4) is 22.8 Å². The molecule has 0 saturated carbocycles. The van der Waals surface area contributed by atoms with Crippen LogP contribution in [0.2, 0.25) is 5.02 Å². The lowest BCUT2D eigenvalue weighted by molar-refractivity contribution is 0.304. The average Bonchev–Trinajstić information content (AvgIpc) is 2.78. The molecule has 0 spiro atoms. The maximum absolute atomic E-state index is 14.6. The molecule has 0 fully saturated rings. The minimum Gasteiger partial charge on any atom is -0.508 e. The minimum atomic E-state index is -3.57. The van der Waals surface area contributed by atoms with Gasteiger partial charge in [-0.2, -0.15) is 5.10 Å². The van der Waals surface area contributed by atoms with Crippen LogP contribution in [0.15, 0.2) is 52.2 Å². The van der Waals surface area contributed by atoms with Crippen LogP contribution in [-0.2, 0) is 23.3 Å². The van der Waals surface area contributed by atoms with Crippen LogP contribution in [0.1, 0.15) is 25.3 Å². The highest BCUT2D eigenvalue weighted by molar-refractivity contribution is 7.91. The van der Waals surface area contributed by atoms with E-state index >= 15 is 0 Å². The van der Waals surface area contributed by atoms with Gasteiger partial charge in [0.2, 0.25) is 0 Å². The number of hydrogen-bond acceptors (Lipinski definition) is 6. The molecule has 0 atom stereocenters. The molecule has 33 heavy (non-hydrogen) atoms. The van der Waals surface area contributed by atoms with Gasteiger partial charge in [0.25, 0.3) is 5.56 Å². The third-order valence-corrected chi connectivity index (χ3v) is 7.10. The van der Waals surface area contributed by atoms with Crippen LogP contribution in [0, 0.1) is 5.82 Å². The van der Waals surface area contributed by atoms with E-state index in [0.29, 0.717) is 24.3 Å². The first-order chi connectivity index (χ1) is 15.6. The quantitative estimate of drug-likeness (QED) is 0.354. The van der Waals surface area contributed by atoms with Gasteiger partial charge in [-0.25, -0.2) is 17.5 Å². The van der Waals surface area contributed by atoms with Crippen LogP contribution < -0.4 is 10.3 Å². The molecule has 0 bridgehead atoms. The van der Waals surface area contributed by atoms with E-state index in [0.717, 1.165) is 16.3 Å². The molecule has 0 aliphatic carbocycles. The minimum absolute atomic E-state index is 0.0373. The number of phenols is 1. The predicted octanol–water partition coefficient (Wildman–Crippen LogP) is 4.14. The molecule has 0 aliphatic rings. The van der Waals surface area contributed by atoms with E-state index < -0.39 is 21.2 Å². The summed E-state index contributed by atoms with van der Waals surface area (Å²) in [5.41, 5.74) is 0.235. The van der Waals surface area contributed by atoms with Crippen molar-refractivity contribution >= 4 is 21.4 Å². The molecule has 10 heteroatoms. The second-order valence-corrected chi connectivity index (χ2v) is 10.2. The summed E-state index contributed by atoms with van der Waals surface area (Å²) < 4.78 is 45.9. The average molecular weight is 495 g/mol. The number of benzene rings is 2. The van der Waals surface area contributed by atoms with E-state index in [-0.39, 0.29) is 40.0 Å². The lowest BCUT2D eigenvalue weighted by Crippen LogP contribution is -2.20. The van der Waals surface area contributed by atoms with E-state index in [2.05, 4.69) is 5.10 Å². The van der Waals surface area contributed by atoms with E-state index in [1.807, 2.05) is 0 Å². The zero-order valence-corrected chi connectivity index (χ0v) is 19.8. The summed E-state index contributed by atoms with van der Waals surface area (Å²) in [5.74, 6) is -0.591. The Labute approximate surface area is 196 Å². The molecule has 0 saturated heterocycles. The summed E-state index contributed by atoms with van der Waals surface area (Å²) in [4.78, 5) is 12.1. The highest BCUT2D eigenvalue weighted by Crippen LogP contribution is 2.31. The summed E-state index contributed by atoms with van der Waals surface area (Å²) in [5, 5.41) is 14.5. The van der Waals surface area contributed by atoms with Crippen molar-refractivity contribution in [3.05, 3.63) is 69.2 Å². The fourth-order valence-corrected chi connectivity index (χ4v) is 4.32. The van der Waals surface area contributed by atoms with Gasteiger partial charge in [-0.05, 0) is 61.2 Å². The first-order valence-corrected chi connectivity index (χ1v) is 12.4. The number of phenolic OH excluding ortho intramolecular Hbond substituents is 1. The van der Waals surface area contributed by atoms with Gasteiger partial charge in [0, 0.05) is 23.7 Å². The maximum Gasteiger partial charge on any atom is 0.270 e. The topological polar surface area (TPSA) is 98.5 Å². The van der Waals surface area contributed by atoms with Crippen LogP contribution in [0.4, 0.5) is 4.39 Å². The lowest BCUT2D eigenvalue weighted by atomic mass is 10.1. The Bertz CT molecular complexity index is 1320. The number of aromatic nitrogens is 2. The summed E-state index contributed by atoms with van der Waals surface area (Å²) >= 11 is 5.96. The number of sulfone groups is 1. The number of unbranched alkanes of at least 4 members (excludes halogenated alkanes) is 1. The zero-order valence-electron chi connectivity index (χ0n) is 18.2. The summed E-state index contributed by atoms with van der Waals surface area (Å²) in [6.45, 7) is 1.71. The van der Waals surface area contributed by atoms with Gasteiger partial charge in [-0.1, -0.05) is 18.5 Å². The van der Waals surface area contributed by atoms with E-state index in [9.17, 15) is 22.7 Å². The van der Waals surface area contributed by atoms with Crippen LogP contribution in [0.3, 0.4) is 0 Å². The van der Waals surface area contributed by atoms with Crippen LogP contribution in [0.5, 0.6) is 11.5 Å². The second-order valence-electron chi connectivity index (χ2n) is 7.44. The normalized spacial score (nSPS) is 11.5. The molecule has 7 nitrogen and oxygen atoms in total. The Kier molecular flexibility index (Phi) is 7.76. The van der Waals surface area contributed by atoms with Gasteiger partial charge in [-0.3, -0.25) is 4.79 Å². The van der Waals surface area contributed by atoms with Gasteiger partial charge in [0.15, 0.2) is 15.6 Å². The number of aryl methyl sites for hydroxylation is 2. The summed E-state index contributed by atoms with van der Waals surface area (Å²) in [6.07, 6.45) is 1.82. The molecule has 3 rings (SSSR count). The third-order valence-electron chi connectivity index (χ3n) is 5.13. The monoisotopic (exact) mass is 494 g/mol. The molecule has 1 aromatic heterocycles. The number of halogens is 2. The van der Waals surface area contributed by atoms with Gasteiger partial charge in [0.05, 0.1) is 17.3 Å². The first-order valence-electron chi connectivity index (χ1n) is 10.3. The van der Waals surface area contributed by atoms with E-state index in [1.165, 1.54) is 38.2 Å². The number of aromatic hydroxyl groups is 1. The predicted molar refractivity (Wildman–Crippen MR) is 124 cm³/mol. The van der Waals surface area contributed by atoms with Crippen molar-refractivity contribution in [2.24, 2.45) is 7.05 Å². The molecule has 0 unspecified atom stereocenters. The molecule has 2 aromatic carbocycles. The Morgan fingerprint density at radius 1 is 1.15 bits per heavy atom. The number of nitrogens with zero attached hydrogens (tertiary/aromatic N) is 2. The number of rotatable bonds is 9. The zero-order chi connectivity index (χ0) is 24.2. The number of ether oxygens (including phenoxy) is 1. The second kappa shape index (κ2) is 10.4. The fourth-order valence-electron chi connectivity index (χ4n) is 3.22. The fraction of sp³-hybridized carbons (Fsp3) is 0.304.